The fraction of sp³-hybridized carbons (Fsp3) is 0.318. The first-order valence-corrected chi connectivity index (χ1v) is 11.5. The van der Waals surface area contributed by atoms with Crippen LogP contribution in [0.1, 0.15) is 44.2 Å². The maximum atomic E-state index is 12.3. The lowest BCUT2D eigenvalue weighted by atomic mass is 10.0. The average molecular weight is 479 g/mol. The van der Waals surface area contributed by atoms with Crippen molar-refractivity contribution in [2.45, 2.75) is 37.9 Å². The minimum atomic E-state index is -0.296. The van der Waals surface area contributed by atoms with Gasteiger partial charge in [-0.2, -0.15) is 0 Å². The van der Waals surface area contributed by atoms with Gasteiger partial charge in [0.05, 0.1) is 21.5 Å². The monoisotopic (exact) mass is 478 g/mol. The Kier molecular flexibility index (Phi) is 7.86. The van der Waals surface area contributed by atoms with E-state index in [9.17, 15) is 4.79 Å². The molecule has 1 amide bonds. The summed E-state index contributed by atoms with van der Waals surface area (Å²) in [5, 5.41) is 12.5. The van der Waals surface area contributed by atoms with Gasteiger partial charge in [-0.05, 0) is 42.7 Å². The summed E-state index contributed by atoms with van der Waals surface area (Å²) in [6.07, 6.45) is -0.296. The Balaban J connectivity index is 1.59. The number of carbonyl (C=O) groups excluding carboxylic acids is 1. The smallest absolute Gasteiger partial charge is 0.234 e. The molecule has 0 aliphatic carbocycles. The van der Waals surface area contributed by atoms with Gasteiger partial charge in [0, 0.05) is 7.05 Å². The van der Waals surface area contributed by atoms with Crippen LogP contribution < -0.4 is 10.1 Å². The second kappa shape index (κ2) is 10.4. The molecule has 9 heteroatoms. The third-order valence-electron chi connectivity index (χ3n) is 4.65. The number of rotatable bonds is 8. The summed E-state index contributed by atoms with van der Waals surface area (Å²) in [6, 6.07) is 13.1. The molecule has 31 heavy (non-hydrogen) atoms. The number of halogens is 2. The predicted octanol–water partition coefficient (Wildman–Crippen LogP) is 6.12. The number of nitrogens with one attached hydrogen (secondary N) is 1. The minimum absolute atomic E-state index is 0.153. The third kappa shape index (κ3) is 5.93. The second-order valence-electron chi connectivity index (χ2n) is 7.32. The van der Waals surface area contributed by atoms with Gasteiger partial charge in [0.25, 0.3) is 0 Å². The molecule has 0 saturated carbocycles. The molecule has 1 heterocycles. The maximum absolute atomic E-state index is 12.3. The Morgan fingerprint density at radius 1 is 1.13 bits per heavy atom. The van der Waals surface area contributed by atoms with Crippen LogP contribution in [0.5, 0.6) is 5.75 Å². The number of thioether (sulfide) groups is 1. The average Bonchev–Trinajstić information content (AvgIpc) is 3.11. The Hall–Kier alpha value is -2.22. The Bertz CT molecular complexity index is 1050. The summed E-state index contributed by atoms with van der Waals surface area (Å²) in [7, 11) is 1.85. The molecule has 0 aliphatic rings. The molecule has 1 N–H and O–H groups in total. The zero-order valence-electron chi connectivity index (χ0n) is 17.7. The molecule has 0 radical (unpaired) electrons. The van der Waals surface area contributed by atoms with E-state index in [1.54, 1.807) is 18.2 Å². The van der Waals surface area contributed by atoms with Crippen molar-refractivity contribution >= 4 is 46.6 Å². The van der Waals surface area contributed by atoms with E-state index in [4.69, 9.17) is 27.9 Å². The first kappa shape index (κ1) is 23.4. The van der Waals surface area contributed by atoms with E-state index in [0.717, 1.165) is 5.75 Å². The quantitative estimate of drug-likeness (QED) is 0.395. The number of ether oxygens (including phenoxy) is 1. The first-order chi connectivity index (χ1) is 14.8. The lowest BCUT2D eigenvalue weighted by Crippen LogP contribution is -2.15. The SMILES string of the molecule is CC(C)c1ccc(OC(C)c2nnc(SCC(=O)Nc3cccc(Cl)c3Cl)n2C)cc1. The molecule has 1 atom stereocenters. The van der Waals surface area contributed by atoms with E-state index >= 15 is 0 Å². The van der Waals surface area contributed by atoms with E-state index in [1.165, 1.54) is 17.3 Å². The normalized spacial score (nSPS) is 12.1. The Labute approximate surface area is 196 Å². The Morgan fingerprint density at radius 3 is 2.52 bits per heavy atom. The van der Waals surface area contributed by atoms with Crippen molar-refractivity contribution in [2.75, 3.05) is 11.1 Å². The molecule has 1 aromatic heterocycles. The van der Waals surface area contributed by atoms with Crippen molar-refractivity contribution in [2.24, 2.45) is 7.05 Å². The van der Waals surface area contributed by atoms with Gasteiger partial charge >= 0.3 is 0 Å². The van der Waals surface area contributed by atoms with Crippen LogP contribution in [0.25, 0.3) is 0 Å². The van der Waals surface area contributed by atoms with Crippen LogP contribution >= 0.6 is 35.0 Å². The van der Waals surface area contributed by atoms with Crippen molar-refractivity contribution in [3.8, 4) is 5.75 Å². The number of hydrogen-bond donors (Lipinski definition) is 1. The molecule has 164 valence electrons. The summed E-state index contributed by atoms with van der Waals surface area (Å²) in [5.74, 6) is 1.85. The zero-order chi connectivity index (χ0) is 22.5. The van der Waals surface area contributed by atoms with Crippen LogP contribution in [-0.2, 0) is 11.8 Å². The van der Waals surface area contributed by atoms with Gasteiger partial charge in [-0.15, -0.1) is 10.2 Å². The summed E-state index contributed by atoms with van der Waals surface area (Å²) in [4.78, 5) is 12.3. The number of anilines is 1. The molecular formula is C22H24Cl2N4O2S. The van der Waals surface area contributed by atoms with Crippen molar-refractivity contribution in [3.63, 3.8) is 0 Å². The molecule has 3 rings (SSSR count). The summed E-state index contributed by atoms with van der Waals surface area (Å²) < 4.78 is 7.85. The van der Waals surface area contributed by atoms with E-state index in [2.05, 4.69) is 41.5 Å². The summed E-state index contributed by atoms with van der Waals surface area (Å²) >= 11 is 13.4. The van der Waals surface area contributed by atoms with Gasteiger partial charge in [0.1, 0.15) is 5.75 Å². The predicted molar refractivity (Wildman–Crippen MR) is 126 cm³/mol. The molecule has 0 saturated heterocycles. The van der Waals surface area contributed by atoms with Crippen molar-refractivity contribution in [1.82, 2.24) is 14.8 Å². The molecule has 0 spiro atoms. The molecule has 6 nitrogen and oxygen atoms in total. The highest BCUT2D eigenvalue weighted by molar-refractivity contribution is 7.99. The number of amides is 1. The standard InChI is InChI=1S/C22H24Cl2N4O2S/c1-13(2)15-8-10-16(11-9-15)30-14(3)21-26-27-22(28(21)4)31-12-19(29)25-18-7-5-6-17(23)20(18)24/h5-11,13-14H,12H2,1-4H3,(H,25,29). The van der Waals surface area contributed by atoms with Crippen molar-refractivity contribution in [3.05, 3.63) is 63.9 Å². The summed E-state index contributed by atoms with van der Waals surface area (Å²) in [6.45, 7) is 6.23. The van der Waals surface area contributed by atoms with Gasteiger partial charge < -0.3 is 14.6 Å². The zero-order valence-corrected chi connectivity index (χ0v) is 20.1. The van der Waals surface area contributed by atoms with Gasteiger partial charge in [-0.1, -0.05) is 67.0 Å². The highest BCUT2D eigenvalue weighted by Gasteiger charge is 2.18. The van der Waals surface area contributed by atoms with Crippen LogP contribution in [-0.4, -0.2) is 26.4 Å². The van der Waals surface area contributed by atoms with Crippen LogP contribution in [0.15, 0.2) is 47.6 Å². The van der Waals surface area contributed by atoms with Crippen LogP contribution in [0.3, 0.4) is 0 Å². The van der Waals surface area contributed by atoms with Crippen molar-refractivity contribution in [1.29, 1.82) is 0 Å². The molecule has 3 aromatic rings. The lowest BCUT2D eigenvalue weighted by molar-refractivity contribution is -0.113. The fourth-order valence-electron chi connectivity index (χ4n) is 2.91. The van der Waals surface area contributed by atoms with Gasteiger partial charge in [0.2, 0.25) is 5.91 Å². The molecule has 0 aliphatic heterocycles. The van der Waals surface area contributed by atoms with E-state index in [-0.39, 0.29) is 17.8 Å². The molecular weight excluding hydrogens is 455 g/mol. The second-order valence-corrected chi connectivity index (χ2v) is 9.05. The number of carbonyl (C=O) groups is 1. The number of hydrogen-bond acceptors (Lipinski definition) is 5. The van der Waals surface area contributed by atoms with Crippen LogP contribution in [0.4, 0.5) is 5.69 Å². The topological polar surface area (TPSA) is 69.0 Å². The lowest BCUT2D eigenvalue weighted by Gasteiger charge is -2.15. The van der Waals surface area contributed by atoms with Crippen molar-refractivity contribution < 1.29 is 9.53 Å². The molecule has 2 aromatic carbocycles. The van der Waals surface area contributed by atoms with E-state index < -0.39 is 0 Å². The minimum Gasteiger partial charge on any atom is -0.483 e. The molecule has 0 fully saturated rings. The van der Waals surface area contributed by atoms with Crippen LogP contribution in [0.2, 0.25) is 10.0 Å². The van der Waals surface area contributed by atoms with Gasteiger partial charge in [0.15, 0.2) is 17.1 Å². The number of benzene rings is 2. The third-order valence-corrected chi connectivity index (χ3v) is 6.49. The summed E-state index contributed by atoms with van der Waals surface area (Å²) in [5.41, 5.74) is 1.73. The number of aromatic nitrogens is 3. The van der Waals surface area contributed by atoms with Crippen LogP contribution in [0, 0.1) is 0 Å². The largest absolute Gasteiger partial charge is 0.483 e. The van der Waals surface area contributed by atoms with E-state index in [1.807, 2.05) is 30.7 Å². The van der Waals surface area contributed by atoms with Gasteiger partial charge in [-0.3, -0.25) is 4.79 Å². The fourth-order valence-corrected chi connectivity index (χ4v) is 3.98. The first-order valence-electron chi connectivity index (χ1n) is 9.78. The highest BCUT2D eigenvalue weighted by atomic mass is 35.5. The number of nitrogens with zero attached hydrogens (tertiary/aromatic N) is 3. The highest BCUT2D eigenvalue weighted by Crippen LogP contribution is 2.30. The van der Waals surface area contributed by atoms with Gasteiger partial charge in [-0.25, -0.2) is 0 Å². The molecule has 0 bridgehead atoms. The Morgan fingerprint density at radius 2 is 1.84 bits per heavy atom. The van der Waals surface area contributed by atoms with E-state index in [0.29, 0.717) is 32.6 Å². The molecule has 1 unspecified atom stereocenters. The maximum Gasteiger partial charge on any atom is 0.234 e.